The van der Waals surface area contributed by atoms with Crippen molar-refractivity contribution in [3.63, 3.8) is 0 Å². The van der Waals surface area contributed by atoms with Crippen molar-refractivity contribution in [3.05, 3.63) is 22.1 Å². The molecule has 3 nitrogen and oxygen atoms in total. The molecule has 0 bridgehead atoms. The second-order valence-electron chi connectivity index (χ2n) is 3.04. The van der Waals surface area contributed by atoms with Crippen molar-refractivity contribution in [2.45, 2.75) is 19.2 Å². The maximum atomic E-state index is 5.84. The third kappa shape index (κ3) is 1.67. The Morgan fingerprint density at radius 1 is 1.50 bits per heavy atom. The summed E-state index contributed by atoms with van der Waals surface area (Å²) in [5.41, 5.74) is 2.14. The fraction of sp³-hybridized carbons (Fsp3) is 0.333. The van der Waals surface area contributed by atoms with E-state index in [4.69, 9.17) is 16.1 Å². The van der Waals surface area contributed by atoms with Crippen LogP contribution in [0.25, 0.3) is 11.5 Å². The summed E-state index contributed by atoms with van der Waals surface area (Å²) in [4.78, 5) is 4.21. The van der Waals surface area contributed by atoms with Crippen LogP contribution < -0.4 is 0 Å². The van der Waals surface area contributed by atoms with Crippen LogP contribution in [-0.2, 0) is 0 Å². The largest absolute Gasteiger partial charge is 0.334 e. The first-order valence-electron chi connectivity index (χ1n) is 4.19. The van der Waals surface area contributed by atoms with Gasteiger partial charge in [-0.2, -0.15) is 16.3 Å². The van der Waals surface area contributed by atoms with Crippen LogP contribution in [0.5, 0.6) is 0 Å². The standard InChI is InChI=1S/C9H9ClN2OS/c1-5-3-14-4-7(5)9-11-8(6(2)10)12-13-9/h3-4,6H,1-2H3. The van der Waals surface area contributed by atoms with E-state index in [0.717, 1.165) is 11.1 Å². The minimum atomic E-state index is -0.216. The number of halogens is 1. The molecule has 2 aromatic rings. The molecular formula is C9H9ClN2OS. The van der Waals surface area contributed by atoms with Gasteiger partial charge in [-0.25, -0.2) is 0 Å². The lowest BCUT2D eigenvalue weighted by atomic mass is 10.2. The zero-order valence-electron chi connectivity index (χ0n) is 7.82. The molecule has 0 aliphatic heterocycles. The van der Waals surface area contributed by atoms with Gasteiger partial charge in [-0.3, -0.25) is 0 Å². The number of rotatable bonds is 2. The van der Waals surface area contributed by atoms with Gasteiger partial charge < -0.3 is 4.52 Å². The summed E-state index contributed by atoms with van der Waals surface area (Å²) >= 11 is 7.45. The Bertz CT molecular complexity index is 435. The Hall–Kier alpha value is -0.870. The van der Waals surface area contributed by atoms with Crippen LogP contribution in [0.2, 0.25) is 0 Å². The lowest BCUT2D eigenvalue weighted by Crippen LogP contribution is -1.86. The van der Waals surface area contributed by atoms with E-state index in [1.54, 1.807) is 11.3 Å². The van der Waals surface area contributed by atoms with Gasteiger partial charge in [0, 0.05) is 5.38 Å². The minimum absolute atomic E-state index is 0.216. The molecule has 0 N–H and O–H groups in total. The van der Waals surface area contributed by atoms with Crippen molar-refractivity contribution in [1.29, 1.82) is 0 Å². The van der Waals surface area contributed by atoms with Crippen LogP contribution in [0, 0.1) is 6.92 Å². The molecule has 0 aromatic carbocycles. The fourth-order valence-electron chi connectivity index (χ4n) is 1.09. The van der Waals surface area contributed by atoms with Gasteiger partial charge >= 0.3 is 0 Å². The highest BCUT2D eigenvalue weighted by Crippen LogP contribution is 2.26. The molecule has 2 heterocycles. The molecule has 0 aliphatic rings. The molecule has 0 fully saturated rings. The van der Waals surface area contributed by atoms with Crippen LogP contribution in [0.1, 0.15) is 23.7 Å². The van der Waals surface area contributed by atoms with Crippen molar-refractivity contribution in [1.82, 2.24) is 10.1 Å². The van der Waals surface area contributed by atoms with Crippen molar-refractivity contribution in [2.24, 2.45) is 0 Å². The first-order chi connectivity index (χ1) is 6.68. The number of thiophene rings is 1. The topological polar surface area (TPSA) is 38.9 Å². The third-order valence-electron chi connectivity index (χ3n) is 1.88. The predicted molar refractivity (Wildman–Crippen MR) is 56.6 cm³/mol. The number of hydrogen-bond donors (Lipinski definition) is 0. The van der Waals surface area contributed by atoms with Crippen molar-refractivity contribution in [2.75, 3.05) is 0 Å². The average Bonchev–Trinajstić information content (AvgIpc) is 2.71. The first kappa shape index (κ1) is 9.68. The van der Waals surface area contributed by atoms with Gasteiger partial charge in [-0.1, -0.05) is 5.16 Å². The molecule has 0 saturated carbocycles. The van der Waals surface area contributed by atoms with E-state index in [2.05, 4.69) is 10.1 Å². The Labute approximate surface area is 90.7 Å². The Morgan fingerprint density at radius 2 is 2.29 bits per heavy atom. The van der Waals surface area contributed by atoms with E-state index in [1.165, 1.54) is 0 Å². The quantitative estimate of drug-likeness (QED) is 0.740. The third-order valence-corrected chi connectivity index (χ3v) is 2.94. The highest BCUT2D eigenvalue weighted by atomic mass is 35.5. The van der Waals surface area contributed by atoms with Gasteiger partial charge in [0.05, 0.1) is 10.9 Å². The van der Waals surface area contributed by atoms with Crippen LogP contribution >= 0.6 is 22.9 Å². The van der Waals surface area contributed by atoms with E-state index < -0.39 is 0 Å². The molecule has 1 unspecified atom stereocenters. The zero-order chi connectivity index (χ0) is 10.1. The summed E-state index contributed by atoms with van der Waals surface area (Å²) in [5, 5.41) is 7.62. The molecule has 0 aliphatic carbocycles. The van der Waals surface area contributed by atoms with E-state index in [9.17, 15) is 0 Å². The second-order valence-corrected chi connectivity index (χ2v) is 4.44. The average molecular weight is 229 g/mol. The number of nitrogens with zero attached hydrogens (tertiary/aromatic N) is 2. The summed E-state index contributed by atoms with van der Waals surface area (Å²) in [6.07, 6.45) is 0. The van der Waals surface area contributed by atoms with Gasteiger partial charge in [-0.15, -0.1) is 11.6 Å². The van der Waals surface area contributed by atoms with Crippen LogP contribution in [0.4, 0.5) is 0 Å². The molecule has 0 amide bonds. The lowest BCUT2D eigenvalue weighted by Gasteiger charge is -1.91. The smallest absolute Gasteiger partial charge is 0.259 e. The maximum absolute atomic E-state index is 5.84. The van der Waals surface area contributed by atoms with E-state index in [-0.39, 0.29) is 5.38 Å². The monoisotopic (exact) mass is 228 g/mol. The minimum Gasteiger partial charge on any atom is -0.334 e. The summed E-state index contributed by atoms with van der Waals surface area (Å²) in [7, 11) is 0. The summed E-state index contributed by atoms with van der Waals surface area (Å²) in [6.45, 7) is 3.83. The van der Waals surface area contributed by atoms with Gasteiger partial charge in [0.25, 0.3) is 5.89 Å². The summed E-state index contributed by atoms with van der Waals surface area (Å²) in [5.74, 6) is 1.08. The van der Waals surface area contributed by atoms with Crippen LogP contribution in [0.15, 0.2) is 15.3 Å². The molecule has 0 spiro atoms. The summed E-state index contributed by atoms with van der Waals surface area (Å²) < 4.78 is 5.11. The van der Waals surface area contributed by atoms with E-state index >= 15 is 0 Å². The van der Waals surface area contributed by atoms with E-state index in [1.807, 2.05) is 24.6 Å². The molecule has 74 valence electrons. The van der Waals surface area contributed by atoms with Crippen molar-refractivity contribution in [3.8, 4) is 11.5 Å². The molecule has 0 saturated heterocycles. The SMILES string of the molecule is Cc1cscc1-c1nc(C(C)Cl)no1. The maximum Gasteiger partial charge on any atom is 0.259 e. The van der Waals surface area contributed by atoms with E-state index in [0.29, 0.717) is 11.7 Å². The molecule has 5 heteroatoms. The zero-order valence-corrected chi connectivity index (χ0v) is 9.39. The normalized spacial score (nSPS) is 13.1. The lowest BCUT2D eigenvalue weighted by molar-refractivity contribution is 0.422. The van der Waals surface area contributed by atoms with Gasteiger partial charge in [-0.05, 0) is 24.8 Å². The Morgan fingerprint density at radius 3 is 2.79 bits per heavy atom. The van der Waals surface area contributed by atoms with Gasteiger partial charge in [0.2, 0.25) is 0 Å². The number of alkyl halides is 1. The molecule has 1 atom stereocenters. The highest BCUT2D eigenvalue weighted by Gasteiger charge is 2.14. The van der Waals surface area contributed by atoms with Crippen molar-refractivity contribution >= 4 is 22.9 Å². The van der Waals surface area contributed by atoms with Crippen LogP contribution in [0.3, 0.4) is 0 Å². The van der Waals surface area contributed by atoms with Crippen LogP contribution in [-0.4, -0.2) is 10.1 Å². The molecule has 14 heavy (non-hydrogen) atoms. The first-order valence-corrected chi connectivity index (χ1v) is 5.57. The second kappa shape index (κ2) is 3.71. The molecule has 2 rings (SSSR count). The Balaban J connectivity index is 2.39. The van der Waals surface area contributed by atoms with Gasteiger partial charge in [0.1, 0.15) is 0 Å². The molecular weight excluding hydrogens is 220 g/mol. The summed E-state index contributed by atoms with van der Waals surface area (Å²) in [6, 6.07) is 0. The Kier molecular flexibility index (Phi) is 2.56. The molecule has 0 radical (unpaired) electrons. The molecule has 2 aromatic heterocycles. The number of aromatic nitrogens is 2. The highest BCUT2D eigenvalue weighted by molar-refractivity contribution is 7.08. The number of aryl methyl sites for hydroxylation is 1. The van der Waals surface area contributed by atoms with Crippen molar-refractivity contribution < 1.29 is 4.52 Å². The predicted octanol–water partition coefficient (Wildman–Crippen LogP) is 3.41. The number of hydrogen-bond acceptors (Lipinski definition) is 4. The van der Waals surface area contributed by atoms with Gasteiger partial charge in [0.15, 0.2) is 5.82 Å². The fourth-order valence-corrected chi connectivity index (χ4v) is 2.00.